The quantitative estimate of drug-likeness (QED) is 0.721. The van der Waals surface area contributed by atoms with Crippen LogP contribution in [0.1, 0.15) is 43.1 Å². The van der Waals surface area contributed by atoms with Crippen LogP contribution in [-0.4, -0.2) is 27.5 Å². The number of hydrogen-bond donors (Lipinski definition) is 2. The molecule has 27 heavy (non-hydrogen) atoms. The summed E-state index contributed by atoms with van der Waals surface area (Å²) in [5.41, 5.74) is 1.32. The van der Waals surface area contributed by atoms with E-state index in [9.17, 15) is 13.2 Å². The van der Waals surface area contributed by atoms with Gasteiger partial charge in [-0.05, 0) is 55.7 Å². The fourth-order valence-corrected chi connectivity index (χ4v) is 3.71. The highest BCUT2D eigenvalue weighted by molar-refractivity contribution is 7.92. The Morgan fingerprint density at radius 2 is 1.85 bits per heavy atom. The summed E-state index contributed by atoms with van der Waals surface area (Å²) in [6, 6.07) is 11.3. The Labute approximate surface area is 161 Å². The molecule has 0 aliphatic carbocycles. The molecule has 0 saturated carbocycles. The van der Waals surface area contributed by atoms with Crippen LogP contribution in [0.2, 0.25) is 0 Å². The van der Waals surface area contributed by atoms with Crippen molar-refractivity contribution in [1.29, 1.82) is 0 Å². The molecule has 0 saturated heterocycles. The summed E-state index contributed by atoms with van der Waals surface area (Å²) in [7, 11) is -2.30. The van der Waals surface area contributed by atoms with Crippen LogP contribution in [0.3, 0.4) is 0 Å². The van der Waals surface area contributed by atoms with Crippen molar-refractivity contribution < 1.29 is 17.9 Å². The van der Waals surface area contributed by atoms with E-state index < -0.39 is 10.0 Å². The van der Waals surface area contributed by atoms with E-state index >= 15 is 0 Å². The molecule has 0 bridgehead atoms. The lowest BCUT2D eigenvalue weighted by atomic mass is 10.1. The van der Waals surface area contributed by atoms with Gasteiger partial charge in [-0.15, -0.1) is 0 Å². The molecule has 0 radical (unpaired) electrons. The van der Waals surface area contributed by atoms with Gasteiger partial charge in [-0.3, -0.25) is 9.52 Å². The average Bonchev–Trinajstić information content (AvgIpc) is 2.67. The molecule has 0 aliphatic heterocycles. The van der Waals surface area contributed by atoms with E-state index in [0.717, 1.165) is 12.0 Å². The lowest BCUT2D eigenvalue weighted by molar-refractivity contribution is 0.0940. The molecule has 7 heteroatoms. The van der Waals surface area contributed by atoms with Crippen LogP contribution in [0, 0.1) is 0 Å². The minimum Gasteiger partial charge on any atom is -0.496 e. The molecule has 146 valence electrons. The molecule has 1 amide bonds. The minimum absolute atomic E-state index is 0.00383. The molecular weight excluding hydrogens is 364 g/mol. The number of amides is 1. The fraction of sp³-hybridized carbons (Fsp3) is 0.350. The number of rotatable bonds is 8. The Hall–Kier alpha value is -2.54. The van der Waals surface area contributed by atoms with Gasteiger partial charge in [0.1, 0.15) is 5.75 Å². The third-order valence-electron chi connectivity index (χ3n) is 4.35. The Morgan fingerprint density at radius 1 is 1.15 bits per heavy atom. The van der Waals surface area contributed by atoms with E-state index in [2.05, 4.69) is 10.0 Å². The van der Waals surface area contributed by atoms with Crippen molar-refractivity contribution in [3.63, 3.8) is 0 Å². The zero-order valence-electron chi connectivity index (χ0n) is 16.1. The number of aryl methyl sites for hydroxylation is 1. The largest absolute Gasteiger partial charge is 0.496 e. The number of benzene rings is 2. The van der Waals surface area contributed by atoms with E-state index in [0.29, 0.717) is 12.2 Å². The van der Waals surface area contributed by atoms with Crippen molar-refractivity contribution in [2.75, 3.05) is 11.8 Å². The van der Waals surface area contributed by atoms with Gasteiger partial charge in [-0.25, -0.2) is 8.42 Å². The Balaban J connectivity index is 2.35. The molecule has 1 atom stereocenters. The maximum Gasteiger partial charge on any atom is 0.261 e. The molecule has 0 aliphatic rings. The summed E-state index contributed by atoms with van der Waals surface area (Å²) in [6.07, 6.45) is 1.42. The molecule has 0 spiro atoms. The standard InChI is InChI=1S/C20H26N2O4S/c1-5-14(3)21-20(23)17-9-7-8-10-18(17)22-27(24,25)16-11-12-19(26-4)15(6-2)13-16/h7-14,22H,5-6H2,1-4H3,(H,21,23). The highest BCUT2D eigenvalue weighted by atomic mass is 32.2. The number of nitrogens with one attached hydrogen (secondary N) is 2. The number of sulfonamides is 1. The van der Waals surface area contributed by atoms with Crippen molar-refractivity contribution in [1.82, 2.24) is 5.32 Å². The van der Waals surface area contributed by atoms with E-state index in [1.165, 1.54) is 6.07 Å². The van der Waals surface area contributed by atoms with Crippen LogP contribution in [0.4, 0.5) is 5.69 Å². The van der Waals surface area contributed by atoms with Gasteiger partial charge in [0.05, 0.1) is 23.3 Å². The lowest BCUT2D eigenvalue weighted by Gasteiger charge is -2.16. The van der Waals surface area contributed by atoms with Crippen molar-refractivity contribution in [2.45, 2.75) is 44.6 Å². The minimum atomic E-state index is -3.85. The van der Waals surface area contributed by atoms with Gasteiger partial charge in [-0.2, -0.15) is 0 Å². The van der Waals surface area contributed by atoms with Crippen LogP contribution in [0.25, 0.3) is 0 Å². The van der Waals surface area contributed by atoms with Crippen LogP contribution in [0.15, 0.2) is 47.4 Å². The first-order valence-electron chi connectivity index (χ1n) is 8.92. The third kappa shape index (κ3) is 5.01. The zero-order chi connectivity index (χ0) is 20.0. The number of carbonyl (C=O) groups excluding carboxylic acids is 1. The predicted molar refractivity (Wildman–Crippen MR) is 107 cm³/mol. The van der Waals surface area contributed by atoms with Crippen molar-refractivity contribution in [3.05, 3.63) is 53.6 Å². The van der Waals surface area contributed by atoms with E-state index in [-0.39, 0.29) is 28.1 Å². The second-order valence-electron chi connectivity index (χ2n) is 6.26. The van der Waals surface area contributed by atoms with Crippen molar-refractivity contribution in [2.24, 2.45) is 0 Å². The van der Waals surface area contributed by atoms with E-state index in [1.807, 2.05) is 20.8 Å². The van der Waals surface area contributed by atoms with E-state index in [1.54, 1.807) is 43.5 Å². The molecule has 6 nitrogen and oxygen atoms in total. The van der Waals surface area contributed by atoms with Gasteiger partial charge in [0.15, 0.2) is 0 Å². The summed E-state index contributed by atoms with van der Waals surface area (Å²) >= 11 is 0. The maximum absolute atomic E-state index is 12.8. The summed E-state index contributed by atoms with van der Waals surface area (Å²) in [4.78, 5) is 12.6. The Bertz CT molecular complexity index is 910. The smallest absolute Gasteiger partial charge is 0.261 e. The van der Waals surface area contributed by atoms with Gasteiger partial charge in [0, 0.05) is 6.04 Å². The maximum atomic E-state index is 12.8. The molecule has 2 rings (SSSR count). The van der Waals surface area contributed by atoms with E-state index in [4.69, 9.17) is 4.74 Å². The lowest BCUT2D eigenvalue weighted by Crippen LogP contribution is -2.32. The number of para-hydroxylation sites is 1. The van der Waals surface area contributed by atoms with Crippen LogP contribution in [-0.2, 0) is 16.4 Å². The van der Waals surface area contributed by atoms with Gasteiger partial charge < -0.3 is 10.1 Å². The summed E-state index contributed by atoms with van der Waals surface area (Å²) in [6.45, 7) is 5.79. The third-order valence-corrected chi connectivity index (χ3v) is 5.71. The predicted octanol–water partition coefficient (Wildman–Crippen LogP) is 3.59. The number of ether oxygens (including phenoxy) is 1. The summed E-state index contributed by atoms with van der Waals surface area (Å²) in [5.74, 6) is 0.330. The topological polar surface area (TPSA) is 84.5 Å². The number of carbonyl (C=O) groups is 1. The highest BCUT2D eigenvalue weighted by Crippen LogP contribution is 2.25. The molecular formula is C20H26N2O4S. The van der Waals surface area contributed by atoms with Crippen LogP contribution < -0.4 is 14.8 Å². The molecule has 0 fully saturated rings. The second-order valence-corrected chi connectivity index (χ2v) is 7.94. The summed E-state index contributed by atoms with van der Waals surface area (Å²) in [5, 5.41) is 2.85. The number of anilines is 1. The highest BCUT2D eigenvalue weighted by Gasteiger charge is 2.20. The first-order valence-corrected chi connectivity index (χ1v) is 10.4. The molecule has 2 aromatic carbocycles. The normalized spacial score (nSPS) is 12.3. The van der Waals surface area contributed by atoms with Crippen molar-refractivity contribution in [3.8, 4) is 5.75 Å². The summed E-state index contributed by atoms with van der Waals surface area (Å²) < 4.78 is 33.5. The molecule has 2 aromatic rings. The second kappa shape index (κ2) is 8.90. The Morgan fingerprint density at radius 3 is 2.48 bits per heavy atom. The Kier molecular flexibility index (Phi) is 6.85. The molecule has 0 aromatic heterocycles. The SMILES string of the molecule is CCc1cc(S(=O)(=O)Nc2ccccc2C(=O)NC(C)CC)ccc1OC. The number of hydrogen-bond acceptors (Lipinski definition) is 4. The monoisotopic (exact) mass is 390 g/mol. The molecule has 1 unspecified atom stereocenters. The average molecular weight is 391 g/mol. The van der Waals surface area contributed by atoms with Gasteiger partial charge >= 0.3 is 0 Å². The zero-order valence-corrected chi connectivity index (χ0v) is 16.9. The first kappa shape index (κ1) is 20.8. The van der Waals surface area contributed by atoms with Crippen LogP contribution in [0.5, 0.6) is 5.75 Å². The van der Waals surface area contributed by atoms with Gasteiger partial charge in [-0.1, -0.05) is 26.0 Å². The fourth-order valence-electron chi connectivity index (χ4n) is 2.58. The van der Waals surface area contributed by atoms with Gasteiger partial charge in [0.2, 0.25) is 0 Å². The van der Waals surface area contributed by atoms with Gasteiger partial charge in [0.25, 0.3) is 15.9 Å². The van der Waals surface area contributed by atoms with Crippen molar-refractivity contribution >= 4 is 21.6 Å². The number of methoxy groups -OCH3 is 1. The molecule has 2 N–H and O–H groups in total. The first-order chi connectivity index (χ1) is 12.8. The van der Waals surface area contributed by atoms with Crippen LogP contribution >= 0.6 is 0 Å². The molecule has 0 heterocycles.